The summed E-state index contributed by atoms with van der Waals surface area (Å²) >= 11 is 0. The number of carboxylic acid groups (broad SMARTS) is 1. The van der Waals surface area contributed by atoms with Gasteiger partial charge in [0.05, 0.1) is 5.56 Å². The van der Waals surface area contributed by atoms with Gasteiger partial charge in [-0.3, -0.25) is 4.79 Å². The number of hydrogen-bond acceptors (Lipinski definition) is 3. The van der Waals surface area contributed by atoms with Crippen molar-refractivity contribution in [1.82, 2.24) is 0 Å². The maximum Gasteiger partial charge on any atom is 0.328 e. The average molecular weight is 236 g/mol. The van der Waals surface area contributed by atoms with Gasteiger partial charge in [-0.05, 0) is 38.5 Å². The summed E-state index contributed by atoms with van der Waals surface area (Å²) < 4.78 is 0. The minimum Gasteiger partial charge on any atom is -0.480 e. The Morgan fingerprint density at radius 1 is 1.35 bits per heavy atom. The van der Waals surface area contributed by atoms with Gasteiger partial charge >= 0.3 is 5.97 Å². The Morgan fingerprint density at radius 2 is 1.94 bits per heavy atom. The number of nitrogens with one attached hydrogen (secondary N) is 1. The van der Waals surface area contributed by atoms with Crippen LogP contribution in [0.5, 0.6) is 0 Å². The maximum absolute atomic E-state index is 11.2. The zero-order valence-corrected chi connectivity index (χ0v) is 10.1. The Kier molecular flexibility index (Phi) is 3.41. The monoisotopic (exact) mass is 236 g/mol. The lowest BCUT2D eigenvalue weighted by molar-refractivity contribution is -0.141. The molecule has 0 bridgehead atoms. The Labute approximate surface area is 99.6 Å². The summed E-state index contributed by atoms with van der Waals surface area (Å²) in [6.07, 6.45) is 0. The molecule has 0 fully saturated rings. The zero-order valence-electron chi connectivity index (χ0n) is 10.1. The number of carboxylic acids is 1. The van der Waals surface area contributed by atoms with E-state index in [4.69, 9.17) is 10.8 Å². The molecule has 0 radical (unpaired) electrons. The smallest absolute Gasteiger partial charge is 0.328 e. The minimum absolute atomic E-state index is 0.282. The van der Waals surface area contributed by atoms with E-state index in [2.05, 4.69) is 5.32 Å². The van der Waals surface area contributed by atoms with Crippen molar-refractivity contribution in [2.45, 2.75) is 26.3 Å². The molecule has 0 spiro atoms. The largest absolute Gasteiger partial charge is 0.480 e. The SMILES string of the molecule is Cc1ccc(C(N)=O)c(NC(C)(C)C(=O)O)c1. The molecule has 1 aromatic rings. The Bertz CT molecular complexity index is 467. The average Bonchev–Trinajstić information content (AvgIpc) is 2.15. The van der Waals surface area contributed by atoms with Gasteiger partial charge in [-0.1, -0.05) is 6.07 Å². The summed E-state index contributed by atoms with van der Waals surface area (Å²) in [6.45, 7) is 4.88. The summed E-state index contributed by atoms with van der Waals surface area (Å²) in [5, 5.41) is 11.8. The fourth-order valence-corrected chi connectivity index (χ4v) is 1.37. The predicted molar refractivity (Wildman–Crippen MR) is 65.0 cm³/mol. The first-order valence-electron chi connectivity index (χ1n) is 5.16. The van der Waals surface area contributed by atoms with Crippen molar-refractivity contribution in [3.63, 3.8) is 0 Å². The standard InChI is InChI=1S/C12H16N2O3/c1-7-4-5-8(10(13)15)9(6-7)14-12(2,3)11(16)17/h4-6,14H,1-3H3,(H2,13,15)(H,16,17). The van der Waals surface area contributed by atoms with Gasteiger partial charge in [0, 0.05) is 5.69 Å². The second-order valence-corrected chi connectivity index (χ2v) is 4.47. The van der Waals surface area contributed by atoms with Crippen LogP contribution in [0.25, 0.3) is 0 Å². The van der Waals surface area contributed by atoms with E-state index in [0.717, 1.165) is 5.56 Å². The van der Waals surface area contributed by atoms with E-state index in [1.807, 2.05) is 6.92 Å². The summed E-state index contributed by atoms with van der Waals surface area (Å²) in [7, 11) is 0. The summed E-state index contributed by atoms with van der Waals surface area (Å²) in [5.41, 5.74) is 5.70. The van der Waals surface area contributed by atoms with Gasteiger partial charge in [0.15, 0.2) is 0 Å². The normalized spacial score (nSPS) is 11.0. The fraction of sp³-hybridized carbons (Fsp3) is 0.333. The number of hydrogen-bond donors (Lipinski definition) is 3. The predicted octanol–water partition coefficient (Wildman–Crippen LogP) is 1.37. The van der Waals surface area contributed by atoms with Gasteiger partial charge in [0.2, 0.25) is 0 Å². The van der Waals surface area contributed by atoms with E-state index in [-0.39, 0.29) is 5.56 Å². The molecule has 0 saturated heterocycles. The number of nitrogens with two attached hydrogens (primary N) is 1. The van der Waals surface area contributed by atoms with Crippen molar-refractivity contribution in [3.05, 3.63) is 29.3 Å². The van der Waals surface area contributed by atoms with Crippen LogP contribution in [0.1, 0.15) is 29.8 Å². The van der Waals surface area contributed by atoms with Crippen molar-refractivity contribution in [2.24, 2.45) is 5.73 Å². The Balaban J connectivity index is 3.17. The summed E-state index contributed by atoms with van der Waals surface area (Å²) in [6, 6.07) is 5.03. The Hall–Kier alpha value is -2.04. The van der Waals surface area contributed by atoms with E-state index < -0.39 is 17.4 Å². The number of carbonyl (C=O) groups excluding carboxylic acids is 1. The third-order valence-electron chi connectivity index (χ3n) is 2.42. The first-order valence-corrected chi connectivity index (χ1v) is 5.16. The molecule has 0 aromatic heterocycles. The second-order valence-electron chi connectivity index (χ2n) is 4.47. The van der Waals surface area contributed by atoms with E-state index in [0.29, 0.717) is 5.69 Å². The molecule has 5 nitrogen and oxygen atoms in total. The van der Waals surface area contributed by atoms with Gasteiger partial charge in [-0.2, -0.15) is 0 Å². The van der Waals surface area contributed by atoms with E-state index in [1.54, 1.807) is 18.2 Å². The van der Waals surface area contributed by atoms with E-state index in [1.165, 1.54) is 13.8 Å². The molecule has 1 amide bonds. The highest BCUT2D eigenvalue weighted by molar-refractivity contribution is 5.99. The lowest BCUT2D eigenvalue weighted by atomic mass is 10.0. The van der Waals surface area contributed by atoms with E-state index >= 15 is 0 Å². The first kappa shape index (κ1) is 13.0. The van der Waals surface area contributed by atoms with Crippen LogP contribution in [-0.2, 0) is 4.79 Å². The number of aryl methyl sites for hydroxylation is 1. The lowest BCUT2D eigenvalue weighted by Crippen LogP contribution is -2.40. The van der Waals surface area contributed by atoms with Crippen LogP contribution in [0, 0.1) is 6.92 Å². The highest BCUT2D eigenvalue weighted by Gasteiger charge is 2.28. The number of rotatable bonds is 4. The van der Waals surface area contributed by atoms with Gasteiger partial charge in [-0.25, -0.2) is 4.79 Å². The molecule has 0 aliphatic rings. The molecular formula is C12H16N2O3. The molecule has 0 atom stereocenters. The number of benzene rings is 1. The second kappa shape index (κ2) is 4.45. The van der Waals surface area contributed by atoms with Crippen molar-refractivity contribution in [1.29, 1.82) is 0 Å². The molecule has 1 aromatic carbocycles. The lowest BCUT2D eigenvalue weighted by Gasteiger charge is -2.24. The zero-order chi connectivity index (χ0) is 13.2. The molecule has 4 N–H and O–H groups in total. The van der Waals surface area contributed by atoms with Gasteiger partial charge in [-0.15, -0.1) is 0 Å². The van der Waals surface area contributed by atoms with Crippen LogP contribution < -0.4 is 11.1 Å². The first-order chi connectivity index (χ1) is 7.74. The van der Waals surface area contributed by atoms with Gasteiger partial charge in [0.25, 0.3) is 5.91 Å². The molecule has 92 valence electrons. The molecule has 0 saturated carbocycles. The van der Waals surface area contributed by atoms with Crippen molar-refractivity contribution < 1.29 is 14.7 Å². The summed E-state index contributed by atoms with van der Waals surface area (Å²) in [4.78, 5) is 22.2. The molecule has 17 heavy (non-hydrogen) atoms. The van der Waals surface area contributed by atoms with Crippen molar-refractivity contribution >= 4 is 17.6 Å². The number of carbonyl (C=O) groups is 2. The fourth-order valence-electron chi connectivity index (χ4n) is 1.37. The quantitative estimate of drug-likeness (QED) is 0.736. The van der Waals surface area contributed by atoms with Gasteiger partial charge < -0.3 is 16.2 Å². The molecule has 0 aliphatic heterocycles. The molecule has 0 aliphatic carbocycles. The van der Waals surface area contributed by atoms with E-state index in [9.17, 15) is 9.59 Å². The van der Waals surface area contributed by atoms with Crippen LogP contribution in [0.3, 0.4) is 0 Å². The third kappa shape index (κ3) is 2.96. The van der Waals surface area contributed by atoms with Crippen LogP contribution in [0.4, 0.5) is 5.69 Å². The van der Waals surface area contributed by atoms with Crippen molar-refractivity contribution in [3.8, 4) is 0 Å². The highest BCUT2D eigenvalue weighted by atomic mass is 16.4. The third-order valence-corrected chi connectivity index (χ3v) is 2.42. The maximum atomic E-state index is 11.2. The Morgan fingerprint density at radius 3 is 2.41 bits per heavy atom. The van der Waals surface area contributed by atoms with Crippen molar-refractivity contribution in [2.75, 3.05) is 5.32 Å². The molecule has 0 heterocycles. The van der Waals surface area contributed by atoms with Crippen LogP contribution >= 0.6 is 0 Å². The number of anilines is 1. The molecule has 0 unspecified atom stereocenters. The van der Waals surface area contributed by atoms with Gasteiger partial charge in [0.1, 0.15) is 5.54 Å². The molecule has 1 rings (SSSR count). The topological polar surface area (TPSA) is 92.4 Å². The summed E-state index contributed by atoms with van der Waals surface area (Å²) in [5.74, 6) is -1.59. The van der Waals surface area contributed by atoms with Crippen LogP contribution in [-0.4, -0.2) is 22.5 Å². The molecular weight excluding hydrogens is 220 g/mol. The number of primary amides is 1. The van der Waals surface area contributed by atoms with Crippen LogP contribution in [0.15, 0.2) is 18.2 Å². The number of aliphatic carboxylic acids is 1. The minimum atomic E-state index is -1.17. The highest BCUT2D eigenvalue weighted by Crippen LogP contribution is 2.21. The van der Waals surface area contributed by atoms with Crippen LogP contribution in [0.2, 0.25) is 0 Å². The number of amides is 1. The molecule has 5 heteroatoms.